The number of aromatic amines is 1. The number of H-pyrrole nitrogens is 1. The van der Waals surface area contributed by atoms with Gasteiger partial charge in [-0.05, 0) is 31.0 Å². The summed E-state index contributed by atoms with van der Waals surface area (Å²) in [6.45, 7) is -0.313. The zero-order chi connectivity index (χ0) is 13.2. The first-order chi connectivity index (χ1) is 9.33. The lowest BCUT2D eigenvalue weighted by molar-refractivity contribution is 0.415. The first-order valence-electron chi connectivity index (χ1n) is 6.33. The molecule has 3 rings (SSSR count). The number of nitrogens with zero attached hydrogens (tertiary/aromatic N) is 1. The number of fused-ring (bicyclic) bond motifs is 3. The van der Waals surface area contributed by atoms with Gasteiger partial charge in [-0.25, -0.2) is 0 Å². The minimum atomic E-state index is -0.313. The fourth-order valence-electron chi connectivity index (χ4n) is 2.42. The summed E-state index contributed by atoms with van der Waals surface area (Å²) in [6.07, 6.45) is 2.94. The van der Waals surface area contributed by atoms with Gasteiger partial charge >= 0.3 is 0 Å². The van der Waals surface area contributed by atoms with Gasteiger partial charge in [-0.3, -0.25) is 9.37 Å². The van der Waals surface area contributed by atoms with E-state index in [0.717, 1.165) is 33.2 Å². The van der Waals surface area contributed by atoms with Gasteiger partial charge in [0.1, 0.15) is 5.75 Å². The Kier molecular flexibility index (Phi) is 3.07. The van der Waals surface area contributed by atoms with Crippen LogP contribution in [-0.2, 0) is 6.42 Å². The number of aromatic nitrogens is 2. The van der Waals surface area contributed by atoms with Crippen molar-refractivity contribution in [3.63, 3.8) is 0 Å². The smallest absolute Gasteiger partial charge is 0.120 e. The predicted octanol–water partition coefficient (Wildman–Crippen LogP) is 3.63. The number of rotatable bonds is 4. The Bertz CT molecular complexity index is 721. The molecule has 0 saturated heterocycles. The Labute approximate surface area is 110 Å². The van der Waals surface area contributed by atoms with E-state index in [-0.39, 0.29) is 6.67 Å². The maximum absolute atomic E-state index is 12.3. The van der Waals surface area contributed by atoms with Crippen molar-refractivity contribution in [2.45, 2.75) is 12.8 Å². The number of aryl methyl sites for hydroxylation is 1. The largest absolute Gasteiger partial charge is 0.497 e. The molecule has 3 nitrogen and oxygen atoms in total. The third kappa shape index (κ3) is 2.03. The van der Waals surface area contributed by atoms with Crippen molar-refractivity contribution in [2.24, 2.45) is 0 Å². The van der Waals surface area contributed by atoms with Gasteiger partial charge in [0.05, 0.1) is 30.5 Å². The van der Waals surface area contributed by atoms with Crippen molar-refractivity contribution in [1.82, 2.24) is 9.97 Å². The molecule has 0 aliphatic carbocycles. The maximum atomic E-state index is 12.3. The summed E-state index contributed by atoms with van der Waals surface area (Å²) in [5, 5.41) is 2.27. The van der Waals surface area contributed by atoms with Crippen LogP contribution in [0.3, 0.4) is 0 Å². The van der Waals surface area contributed by atoms with Gasteiger partial charge in [-0.1, -0.05) is 0 Å². The maximum Gasteiger partial charge on any atom is 0.120 e. The molecule has 0 unspecified atom stereocenters. The molecule has 4 heteroatoms. The highest BCUT2D eigenvalue weighted by atomic mass is 19.1. The highest BCUT2D eigenvalue weighted by Gasteiger charge is 2.09. The SMILES string of the molecule is COc1ccc2c(c1)[nH]c1c(CCCF)nccc12. The normalized spacial score (nSPS) is 11.3. The number of hydrogen-bond donors (Lipinski definition) is 1. The number of pyridine rings is 1. The first kappa shape index (κ1) is 12.0. The van der Waals surface area contributed by atoms with Gasteiger partial charge in [0.15, 0.2) is 0 Å². The van der Waals surface area contributed by atoms with Crippen molar-refractivity contribution in [1.29, 1.82) is 0 Å². The van der Waals surface area contributed by atoms with Crippen LogP contribution in [0, 0.1) is 0 Å². The molecule has 2 heterocycles. The molecule has 0 atom stereocenters. The minimum Gasteiger partial charge on any atom is -0.497 e. The van der Waals surface area contributed by atoms with Crippen molar-refractivity contribution >= 4 is 21.8 Å². The topological polar surface area (TPSA) is 37.9 Å². The van der Waals surface area contributed by atoms with E-state index in [4.69, 9.17) is 4.74 Å². The Morgan fingerprint density at radius 1 is 1.26 bits per heavy atom. The molecule has 0 fully saturated rings. The fraction of sp³-hybridized carbons (Fsp3) is 0.267. The van der Waals surface area contributed by atoms with E-state index in [1.807, 2.05) is 24.3 Å². The molecule has 0 radical (unpaired) electrons. The number of methoxy groups -OCH3 is 1. The van der Waals surface area contributed by atoms with Crippen LogP contribution in [0.1, 0.15) is 12.1 Å². The summed E-state index contributed by atoms with van der Waals surface area (Å²) in [5.41, 5.74) is 2.94. The zero-order valence-electron chi connectivity index (χ0n) is 10.7. The van der Waals surface area contributed by atoms with Crippen LogP contribution in [-0.4, -0.2) is 23.8 Å². The molecule has 2 aromatic heterocycles. The molecule has 1 aromatic carbocycles. The number of alkyl halides is 1. The second-order valence-corrected chi connectivity index (χ2v) is 4.51. The standard InChI is InChI=1S/C15H15FN2O/c1-19-10-4-5-11-12-6-8-17-13(3-2-7-16)15(12)18-14(11)9-10/h4-6,8-9,18H,2-3,7H2,1H3. The monoisotopic (exact) mass is 258 g/mol. The molecule has 0 bridgehead atoms. The Morgan fingerprint density at radius 2 is 2.16 bits per heavy atom. The second kappa shape index (κ2) is 4.88. The Morgan fingerprint density at radius 3 is 2.95 bits per heavy atom. The van der Waals surface area contributed by atoms with Gasteiger partial charge in [0.25, 0.3) is 0 Å². The first-order valence-corrected chi connectivity index (χ1v) is 6.33. The number of nitrogens with one attached hydrogen (secondary N) is 1. The predicted molar refractivity (Wildman–Crippen MR) is 74.4 cm³/mol. The number of halogens is 1. The summed E-state index contributed by atoms with van der Waals surface area (Å²) in [6, 6.07) is 7.93. The third-order valence-corrected chi connectivity index (χ3v) is 3.35. The van der Waals surface area contributed by atoms with Crippen LogP contribution in [0.4, 0.5) is 4.39 Å². The molecule has 0 saturated carbocycles. The highest BCUT2D eigenvalue weighted by molar-refractivity contribution is 6.08. The van der Waals surface area contributed by atoms with Crippen LogP contribution in [0.2, 0.25) is 0 Å². The average molecular weight is 258 g/mol. The lowest BCUT2D eigenvalue weighted by Gasteiger charge is -1.99. The molecule has 1 N–H and O–H groups in total. The van der Waals surface area contributed by atoms with Gasteiger partial charge in [-0.2, -0.15) is 0 Å². The van der Waals surface area contributed by atoms with Crippen molar-refractivity contribution in [2.75, 3.05) is 13.8 Å². The van der Waals surface area contributed by atoms with Crippen LogP contribution >= 0.6 is 0 Å². The Balaban J connectivity index is 2.20. The van der Waals surface area contributed by atoms with Crippen molar-refractivity contribution < 1.29 is 9.13 Å². The number of ether oxygens (including phenoxy) is 1. The van der Waals surface area contributed by atoms with E-state index in [1.54, 1.807) is 13.3 Å². The molecule has 0 spiro atoms. The summed E-state index contributed by atoms with van der Waals surface area (Å²) < 4.78 is 17.6. The summed E-state index contributed by atoms with van der Waals surface area (Å²) >= 11 is 0. The van der Waals surface area contributed by atoms with Crippen molar-refractivity contribution in [3.8, 4) is 5.75 Å². The lowest BCUT2D eigenvalue weighted by atomic mass is 10.1. The number of benzene rings is 1. The fourth-order valence-corrected chi connectivity index (χ4v) is 2.42. The molecule has 0 amide bonds. The zero-order valence-corrected chi connectivity index (χ0v) is 10.7. The summed E-state index contributed by atoms with van der Waals surface area (Å²) in [4.78, 5) is 7.72. The molecular formula is C15H15FN2O. The molecule has 98 valence electrons. The third-order valence-electron chi connectivity index (χ3n) is 3.35. The van der Waals surface area contributed by atoms with Crippen LogP contribution in [0.5, 0.6) is 5.75 Å². The molecule has 3 aromatic rings. The van der Waals surface area contributed by atoms with Crippen molar-refractivity contribution in [3.05, 3.63) is 36.2 Å². The van der Waals surface area contributed by atoms with E-state index in [9.17, 15) is 4.39 Å². The van der Waals surface area contributed by atoms with E-state index < -0.39 is 0 Å². The quantitative estimate of drug-likeness (QED) is 0.776. The lowest BCUT2D eigenvalue weighted by Crippen LogP contribution is -1.92. The molecule has 19 heavy (non-hydrogen) atoms. The van der Waals surface area contributed by atoms with Gasteiger partial charge < -0.3 is 9.72 Å². The molecular weight excluding hydrogens is 243 g/mol. The van der Waals surface area contributed by atoms with Crippen LogP contribution in [0.25, 0.3) is 21.8 Å². The van der Waals surface area contributed by atoms with Crippen LogP contribution in [0.15, 0.2) is 30.5 Å². The van der Waals surface area contributed by atoms with E-state index in [0.29, 0.717) is 12.8 Å². The van der Waals surface area contributed by atoms with E-state index in [2.05, 4.69) is 9.97 Å². The average Bonchev–Trinajstić information content (AvgIpc) is 2.83. The summed E-state index contributed by atoms with van der Waals surface area (Å²) in [7, 11) is 1.65. The molecule has 0 aliphatic rings. The van der Waals surface area contributed by atoms with Gasteiger partial charge in [-0.15, -0.1) is 0 Å². The van der Waals surface area contributed by atoms with Crippen LogP contribution < -0.4 is 4.74 Å². The van der Waals surface area contributed by atoms with E-state index >= 15 is 0 Å². The van der Waals surface area contributed by atoms with Gasteiger partial charge in [0.2, 0.25) is 0 Å². The summed E-state index contributed by atoms with van der Waals surface area (Å²) in [5.74, 6) is 0.817. The Hall–Kier alpha value is -2.10. The second-order valence-electron chi connectivity index (χ2n) is 4.51. The minimum absolute atomic E-state index is 0.313. The molecule has 0 aliphatic heterocycles. The highest BCUT2D eigenvalue weighted by Crippen LogP contribution is 2.29. The van der Waals surface area contributed by atoms with Gasteiger partial charge in [0, 0.05) is 23.0 Å². The van der Waals surface area contributed by atoms with E-state index in [1.165, 1.54) is 0 Å². The number of hydrogen-bond acceptors (Lipinski definition) is 2.